The van der Waals surface area contributed by atoms with E-state index in [1.807, 2.05) is 6.07 Å². The molecule has 1 aliphatic heterocycles. The van der Waals surface area contributed by atoms with Gasteiger partial charge in [0.1, 0.15) is 0 Å². The molecule has 6 heteroatoms. The lowest BCUT2D eigenvalue weighted by Crippen LogP contribution is -2.48. The highest BCUT2D eigenvalue weighted by atomic mass is 35.5. The van der Waals surface area contributed by atoms with Gasteiger partial charge in [0, 0.05) is 48.9 Å². The zero-order chi connectivity index (χ0) is 14.0. The predicted octanol–water partition coefficient (Wildman–Crippen LogP) is 2.35. The molecule has 0 spiro atoms. The Morgan fingerprint density at radius 1 is 1.58 bits per heavy atom. The van der Waals surface area contributed by atoms with Gasteiger partial charge in [-0.25, -0.2) is 0 Å². The molecule has 1 heterocycles. The summed E-state index contributed by atoms with van der Waals surface area (Å²) in [5, 5.41) is 14.8. The monoisotopic (exact) mass is 283 g/mol. The highest BCUT2D eigenvalue weighted by Crippen LogP contribution is 2.27. The minimum absolute atomic E-state index is 0.102. The Morgan fingerprint density at radius 3 is 2.95 bits per heavy atom. The van der Waals surface area contributed by atoms with Crippen molar-refractivity contribution < 1.29 is 4.92 Å². The molecule has 5 nitrogen and oxygen atoms in total. The number of hydrogen-bond acceptors (Lipinski definition) is 4. The second-order valence-electron chi connectivity index (χ2n) is 5.06. The SMILES string of the molecule is Cc1c(CN2CCNC(C)C2)cc(Cl)cc1[N+](=O)[O-]. The molecule has 1 unspecified atom stereocenters. The van der Waals surface area contributed by atoms with E-state index in [4.69, 9.17) is 11.6 Å². The molecular weight excluding hydrogens is 266 g/mol. The number of nitrogens with zero attached hydrogens (tertiary/aromatic N) is 2. The average molecular weight is 284 g/mol. The van der Waals surface area contributed by atoms with E-state index in [0.717, 1.165) is 25.2 Å². The van der Waals surface area contributed by atoms with Gasteiger partial charge in [0.15, 0.2) is 0 Å². The van der Waals surface area contributed by atoms with Crippen LogP contribution in [-0.4, -0.2) is 35.5 Å². The summed E-state index contributed by atoms with van der Waals surface area (Å²) in [5.74, 6) is 0. The molecule has 0 aromatic heterocycles. The van der Waals surface area contributed by atoms with Crippen molar-refractivity contribution in [2.45, 2.75) is 26.4 Å². The van der Waals surface area contributed by atoms with Gasteiger partial charge in [-0.15, -0.1) is 0 Å². The van der Waals surface area contributed by atoms with E-state index < -0.39 is 0 Å². The molecule has 1 aromatic carbocycles. The maximum Gasteiger partial charge on any atom is 0.274 e. The molecule has 0 saturated carbocycles. The first-order chi connectivity index (χ1) is 8.97. The molecule has 1 aliphatic rings. The van der Waals surface area contributed by atoms with E-state index in [-0.39, 0.29) is 10.6 Å². The predicted molar refractivity (Wildman–Crippen MR) is 75.6 cm³/mol. The smallest absolute Gasteiger partial charge is 0.274 e. The minimum Gasteiger partial charge on any atom is -0.312 e. The van der Waals surface area contributed by atoms with Gasteiger partial charge in [-0.2, -0.15) is 0 Å². The van der Waals surface area contributed by atoms with E-state index in [2.05, 4.69) is 17.1 Å². The van der Waals surface area contributed by atoms with Gasteiger partial charge in [-0.1, -0.05) is 11.6 Å². The summed E-state index contributed by atoms with van der Waals surface area (Å²) in [4.78, 5) is 12.9. The van der Waals surface area contributed by atoms with Crippen LogP contribution in [0.2, 0.25) is 5.02 Å². The van der Waals surface area contributed by atoms with Crippen molar-refractivity contribution in [3.8, 4) is 0 Å². The quantitative estimate of drug-likeness (QED) is 0.683. The molecule has 0 amide bonds. The molecule has 0 aliphatic carbocycles. The highest BCUT2D eigenvalue weighted by Gasteiger charge is 2.20. The van der Waals surface area contributed by atoms with Crippen LogP contribution in [0.15, 0.2) is 12.1 Å². The van der Waals surface area contributed by atoms with Crippen LogP contribution in [0.25, 0.3) is 0 Å². The number of nitro benzene ring substituents is 1. The van der Waals surface area contributed by atoms with Crippen LogP contribution in [0.4, 0.5) is 5.69 Å². The standard InChI is InChI=1S/C13H18ClN3O2/c1-9-7-16(4-3-15-9)8-11-5-12(14)6-13(10(11)2)17(18)19/h5-6,9,15H,3-4,7-8H2,1-2H3. The van der Waals surface area contributed by atoms with Crippen LogP contribution in [0, 0.1) is 17.0 Å². The molecule has 0 bridgehead atoms. The van der Waals surface area contributed by atoms with Crippen LogP contribution < -0.4 is 5.32 Å². The fraction of sp³-hybridized carbons (Fsp3) is 0.538. The molecular formula is C13H18ClN3O2. The summed E-state index contributed by atoms with van der Waals surface area (Å²) in [6, 6.07) is 3.69. The first-order valence-electron chi connectivity index (χ1n) is 6.36. The molecule has 1 aromatic rings. The van der Waals surface area contributed by atoms with Crippen molar-refractivity contribution in [3.05, 3.63) is 38.4 Å². The van der Waals surface area contributed by atoms with Crippen molar-refractivity contribution in [2.75, 3.05) is 19.6 Å². The van der Waals surface area contributed by atoms with Crippen LogP contribution in [0.5, 0.6) is 0 Å². The Kier molecular flexibility index (Phi) is 4.39. The number of nitro groups is 1. The summed E-state index contributed by atoms with van der Waals surface area (Å²) in [6.45, 7) is 7.47. The number of halogens is 1. The minimum atomic E-state index is -0.370. The lowest BCUT2D eigenvalue weighted by Gasteiger charge is -2.32. The summed E-state index contributed by atoms with van der Waals surface area (Å²) < 4.78 is 0. The Balaban J connectivity index is 2.22. The van der Waals surface area contributed by atoms with Gasteiger partial charge in [0.2, 0.25) is 0 Å². The summed E-state index contributed by atoms with van der Waals surface area (Å²) in [7, 11) is 0. The van der Waals surface area contributed by atoms with Crippen molar-refractivity contribution >= 4 is 17.3 Å². The van der Waals surface area contributed by atoms with Crippen LogP contribution in [0.1, 0.15) is 18.1 Å². The second-order valence-corrected chi connectivity index (χ2v) is 5.49. The Labute approximate surface area is 117 Å². The van der Waals surface area contributed by atoms with Crippen LogP contribution in [-0.2, 0) is 6.54 Å². The van der Waals surface area contributed by atoms with E-state index in [1.54, 1.807) is 6.92 Å². The zero-order valence-electron chi connectivity index (χ0n) is 11.1. The summed E-state index contributed by atoms with van der Waals surface area (Å²) in [5.41, 5.74) is 1.75. The number of nitrogens with one attached hydrogen (secondary N) is 1. The molecule has 1 N–H and O–H groups in total. The van der Waals surface area contributed by atoms with Crippen LogP contribution in [0.3, 0.4) is 0 Å². The molecule has 104 valence electrons. The first-order valence-corrected chi connectivity index (χ1v) is 6.74. The van der Waals surface area contributed by atoms with Gasteiger partial charge in [0.25, 0.3) is 5.69 Å². The van der Waals surface area contributed by atoms with Gasteiger partial charge in [-0.3, -0.25) is 15.0 Å². The molecule has 1 fully saturated rings. The third-order valence-corrected chi connectivity index (χ3v) is 3.71. The van der Waals surface area contributed by atoms with Gasteiger partial charge < -0.3 is 5.32 Å². The fourth-order valence-corrected chi connectivity index (χ4v) is 2.71. The zero-order valence-corrected chi connectivity index (χ0v) is 11.9. The number of piperazine rings is 1. The van der Waals surface area contributed by atoms with Crippen LogP contribution >= 0.6 is 11.6 Å². The third-order valence-electron chi connectivity index (χ3n) is 3.50. The number of hydrogen-bond donors (Lipinski definition) is 1. The largest absolute Gasteiger partial charge is 0.312 e. The molecule has 19 heavy (non-hydrogen) atoms. The fourth-order valence-electron chi connectivity index (χ4n) is 2.47. The van der Waals surface area contributed by atoms with Crippen molar-refractivity contribution in [1.82, 2.24) is 10.2 Å². The number of rotatable bonds is 3. The van der Waals surface area contributed by atoms with E-state index in [0.29, 0.717) is 23.2 Å². The third kappa shape index (κ3) is 3.43. The molecule has 1 atom stereocenters. The highest BCUT2D eigenvalue weighted by molar-refractivity contribution is 6.30. The molecule has 1 saturated heterocycles. The maximum atomic E-state index is 11.0. The molecule has 0 radical (unpaired) electrons. The average Bonchev–Trinajstić information content (AvgIpc) is 2.33. The van der Waals surface area contributed by atoms with E-state index >= 15 is 0 Å². The maximum absolute atomic E-state index is 11.0. The topological polar surface area (TPSA) is 58.4 Å². The lowest BCUT2D eigenvalue weighted by atomic mass is 10.1. The Morgan fingerprint density at radius 2 is 2.32 bits per heavy atom. The normalized spacial score (nSPS) is 20.5. The lowest BCUT2D eigenvalue weighted by molar-refractivity contribution is -0.385. The van der Waals surface area contributed by atoms with Crippen molar-refractivity contribution in [1.29, 1.82) is 0 Å². The van der Waals surface area contributed by atoms with E-state index in [1.165, 1.54) is 6.07 Å². The number of benzene rings is 1. The second kappa shape index (κ2) is 5.86. The van der Waals surface area contributed by atoms with Gasteiger partial charge >= 0.3 is 0 Å². The van der Waals surface area contributed by atoms with Crippen molar-refractivity contribution in [3.63, 3.8) is 0 Å². The van der Waals surface area contributed by atoms with Gasteiger partial charge in [0.05, 0.1) is 4.92 Å². The van der Waals surface area contributed by atoms with E-state index in [9.17, 15) is 10.1 Å². The molecule has 2 rings (SSSR count). The Bertz CT molecular complexity index is 493. The Hall–Kier alpha value is -1.17. The van der Waals surface area contributed by atoms with Crippen molar-refractivity contribution in [2.24, 2.45) is 0 Å². The summed E-state index contributed by atoms with van der Waals surface area (Å²) >= 11 is 5.98. The first kappa shape index (κ1) is 14.2. The summed E-state index contributed by atoms with van der Waals surface area (Å²) in [6.07, 6.45) is 0. The van der Waals surface area contributed by atoms with Gasteiger partial charge in [-0.05, 0) is 25.5 Å².